The van der Waals surface area contributed by atoms with Gasteiger partial charge in [-0.05, 0) is 25.0 Å². The van der Waals surface area contributed by atoms with Crippen molar-refractivity contribution in [3.63, 3.8) is 0 Å². The predicted molar refractivity (Wildman–Crippen MR) is 74.0 cm³/mol. The van der Waals surface area contributed by atoms with Crippen molar-refractivity contribution in [2.24, 2.45) is 5.92 Å². The Kier molecular flexibility index (Phi) is 4.00. The second-order valence-electron chi connectivity index (χ2n) is 5.60. The molecule has 5 nitrogen and oxygen atoms in total. The van der Waals surface area contributed by atoms with Crippen LogP contribution < -0.4 is 5.32 Å². The average molecular weight is 276 g/mol. The summed E-state index contributed by atoms with van der Waals surface area (Å²) in [4.78, 5) is 17.3. The zero-order chi connectivity index (χ0) is 13.9. The lowest BCUT2D eigenvalue weighted by atomic mass is 10.1. The number of carbonyl (C=O) groups excluding carboxylic acids is 1. The highest BCUT2D eigenvalue weighted by atomic mass is 16.7. The number of aliphatic hydroxyl groups is 1. The van der Waals surface area contributed by atoms with E-state index in [1.165, 1.54) is 12.8 Å². The van der Waals surface area contributed by atoms with Crippen LogP contribution in [0.5, 0.6) is 0 Å². The first-order chi connectivity index (χ1) is 9.72. The van der Waals surface area contributed by atoms with Crippen molar-refractivity contribution >= 4 is 5.97 Å². The summed E-state index contributed by atoms with van der Waals surface area (Å²) in [5.74, 6) is -0.243. The molecule has 2 fully saturated rings. The van der Waals surface area contributed by atoms with Crippen molar-refractivity contribution in [2.75, 3.05) is 19.6 Å². The van der Waals surface area contributed by atoms with Crippen LogP contribution in [0.1, 0.15) is 23.2 Å². The zero-order valence-electron chi connectivity index (χ0n) is 11.4. The lowest BCUT2D eigenvalue weighted by Gasteiger charge is -2.15. The molecule has 20 heavy (non-hydrogen) atoms. The van der Waals surface area contributed by atoms with Crippen LogP contribution >= 0.6 is 0 Å². The van der Waals surface area contributed by atoms with E-state index in [2.05, 4.69) is 5.32 Å². The van der Waals surface area contributed by atoms with Gasteiger partial charge in [-0.2, -0.15) is 0 Å². The van der Waals surface area contributed by atoms with E-state index in [0.29, 0.717) is 24.7 Å². The molecule has 0 amide bonds. The Labute approximate surface area is 118 Å². The molecule has 1 saturated heterocycles. The highest BCUT2D eigenvalue weighted by Gasteiger charge is 2.34. The van der Waals surface area contributed by atoms with Gasteiger partial charge in [0.2, 0.25) is 0 Å². The van der Waals surface area contributed by atoms with Crippen LogP contribution in [0.3, 0.4) is 0 Å². The lowest BCUT2D eigenvalue weighted by molar-refractivity contribution is -0.0990. The second kappa shape index (κ2) is 5.91. The number of hydrogen-bond donors (Lipinski definition) is 2. The van der Waals surface area contributed by atoms with E-state index in [1.54, 1.807) is 29.3 Å². The molecule has 1 aromatic carbocycles. The maximum absolute atomic E-state index is 11.9. The number of hydroxylamine groups is 2. The summed E-state index contributed by atoms with van der Waals surface area (Å²) in [5, 5.41) is 15.0. The van der Waals surface area contributed by atoms with Gasteiger partial charge in [-0.1, -0.05) is 18.2 Å². The Morgan fingerprint density at radius 3 is 2.75 bits per heavy atom. The third kappa shape index (κ3) is 3.36. The first kappa shape index (κ1) is 13.5. The number of benzene rings is 1. The van der Waals surface area contributed by atoms with E-state index in [0.717, 1.165) is 6.54 Å². The summed E-state index contributed by atoms with van der Waals surface area (Å²) in [5.41, 5.74) is 0.529. The van der Waals surface area contributed by atoms with Gasteiger partial charge in [-0.15, -0.1) is 5.06 Å². The van der Waals surface area contributed by atoms with Gasteiger partial charge in [0.15, 0.2) is 0 Å². The molecule has 3 rings (SSSR count). The topological polar surface area (TPSA) is 61.8 Å². The van der Waals surface area contributed by atoms with E-state index in [4.69, 9.17) is 4.84 Å². The number of aliphatic hydroxyl groups excluding tert-OH is 1. The molecule has 1 aromatic rings. The van der Waals surface area contributed by atoms with Gasteiger partial charge >= 0.3 is 5.97 Å². The third-order valence-corrected chi connectivity index (χ3v) is 3.84. The summed E-state index contributed by atoms with van der Waals surface area (Å²) in [6.45, 7) is 1.75. The Balaban J connectivity index is 1.49. The molecule has 0 aromatic heterocycles. The fourth-order valence-electron chi connectivity index (χ4n) is 2.44. The van der Waals surface area contributed by atoms with Crippen LogP contribution in [-0.2, 0) is 4.84 Å². The fourth-order valence-corrected chi connectivity index (χ4v) is 2.44. The maximum atomic E-state index is 11.9. The molecular weight excluding hydrogens is 256 g/mol. The van der Waals surface area contributed by atoms with Crippen molar-refractivity contribution in [3.8, 4) is 0 Å². The smallest absolute Gasteiger partial charge is 0.357 e. The molecule has 0 bridgehead atoms. The minimum atomic E-state index is -0.440. The standard InChI is InChI=1S/C15H20N2O3/c18-14-10-17(9-12(14)8-16-13-6-7-13)20-15(19)11-4-2-1-3-5-11/h1-5,12-14,16,18H,6-10H2/t12-,14-/m0/s1. The number of β-amino-alcohol motifs (C(OH)–C–C–N with tert-alkyl or cyclic N) is 1. The van der Waals surface area contributed by atoms with E-state index < -0.39 is 6.10 Å². The molecule has 0 unspecified atom stereocenters. The molecule has 108 valence electrons. The Morgan fingerprint density at radius 2 is 2.05 bits per heavy atom. The van der Waals surface area contributed by atoms with Gasteiger partial charge in [-0.3, -0.25) is 0 Å². The monoisotopic (exact) mass is 276 g/mol. The Morgan fingerprint density at radius 1 is 1.30 bits per heavy atom. The number of hydrogen-bond acceptors (Lipinski definition) is 5. The van der Waals surface area contributed by atoms with Gasteiger partial charge in [-0.25, -0.2) is 4.79 Å². The quantitative estimate of drug-likeness (QED) is 0.833. The van der Waals surface area contributed by atoms with Gasteiger partial charge in [0.1, 0.15) is 0 Å². The summed E-state index contributed by atoms with van der Waals surface area (Å²) in [6, 6.07) is 9.54. The van der Waals surface area contributed by atoms with Crippen molar-refractivity contribution in [2.45, 2.75) is 25.0 Å². The van der Waals surface area contributed by atoms with Crippen molar-refractivity contribution in [3.05, 3.63) is 35.9 Å². The Bertz CT molecular complexity index is 461. The van der Waals surface area contributed by atoms with Gasteiger partial charge in [0, 0.05) is 25.0 Å². The zero-order valence-corrected chi connectivity index (χ0v) is 11.4. The molecule has 0 radical (unpaired) electrons. The van der Waals surface area contributed by atoms with E-state index in [9.17, 15) is 9.90 Å². The number of nitrogens with zero attached hydrogens (tertiary/aromatic N) is 1. The lowest BCUT2D eigenvalue weighted by Crippen LogP contribution is -2.31. The maximum Gasteiger partial charge on any atom is 0.357 e. The first-order valence-corrected chi connectivity index (χ1v) is 7.16. The minimum Gasteiger partial charge on any atom is -0.391 e. The van der Waals surface area contributed by atoms with Gasteiger partial charge < -0.3 is 15.3 Å². The summed E-state index contributed by atoms with van der Waals surface area (Å²) >= 11 is 0. The highest BCUT2D eigenvalue weighted by Crippen LogP contribution is 2.22. The van der Waals surface area contributed by atoms with Crippen LogP contribution in [0.4, 0.5) is 0 Å². The largest absolute Gasteiger partial charge is 0.391 e. The molecule has 5 heteroatoms. The van der Waals surface area contributed by atoms with Gasteiger partial charge in [0.05, 0.1) is 18.2 Å². The minimum absolute atomic E-state index is 0.124. The molecule has 1 aliphatic heterocycles. The molecule has 2 N–H and O–H groups in total. The number of rotatable bonds is 5. The summed E-state index contributed by atoms with van der Waals surface area (Å²) in [6.07, 6.45) is 2.02. The van der Waals surface area contributed by atoms with Crippen LogP contribution in [0, 0.1) is 5.92 Å². The molecule has 1 heterocycles. The third-order valence-electron chi connectivity index (χ3n) is 3.84. The van der Waals surface area contributed by atoms with Gasteiger partial charge in [0.25, 0.3) is 0 Å². The van der Waals surface area contributed by atoms with Crippen LogP contribution in [0.15, 0.2) is 30.3 Å². The molecular formula is C15H20N2O3. The van der Waals surface area contributed by atoms with E-state index >= 15 is 0 Å². The van der Waals surface area contributed by atoms with Crippen molar-refractivity contribution in [1.82, 2.24) is 10.4 Å². The molecule has 0 spiro atoms. The fraction of sp³-hybridized carbons (Fsp3) is 0.533. The van der Waals surface area contributed by atoms with Crippen LogP contribution in [-0.4, -0.2) is 47.9 Å². The normalized spacial score (nSPS) is 26.6. The van der Waals surface area contributed by atoms with Crippen LogP contribution in [0.2, 0.25) is 0 Å². The predicted octanol–water partition coefficient (Wildman–Crippen LogP) is 0.803. The SMILES string of the molecule is O=C(ON1C[C@H](CNC2CC2)[C@@H](O)C1)c1ccccc1. The molecule has 1 saturated carbocycles. The van der Waals surface area contributed by atoms with Crippen molar-refractivity contribution < 1.29 is 14.7 Å². The average Bonchev–Trinajstić information content (AvgIpc) is 3.22. The van der Waals surface area contributed by atoms with Crippen molar-refractivity contribution in [1.29, 1.82) is 0 Å². The molecule has 1 aliphatic carbocycles. The summed E-state index contributed by atoms with van der Waals surface area (Å²) in [7, 11) is 0. The first-order valence-electron chi connectivity index (χ1n) is 7.16. The van der Waals surface area contributed by atoms with Crippen LogP contribution in [0.25, 0.3) is 0 Å². The van der Waals surface area contributed by atoms with E-state index in [-0.39, 0.29) is 11.9 Å². The Hall–Kier alpha value is -1.43. The summed E-state index contributed by atoms with van der Waals surface area (Å²) < 4.78 is 0. The molecule has 2 atom stereocenters. The number of nitrogens with one attached hydrogen (secondary N) is 1. The number of carbonyl (C=O) groups is 1. The molecule has 2 aliphatic rings. The highest BCUT2D eigenvalue weighted by molar-refractivity contribution is 5.89. The second-order valence-corrected chi connectivity index (χ2v) is 5.60. The van der Waals surface area contributed by atoms with E-state index in [1.807, 2.05) is 6.07 Å².